The average Bonchev–Trinajstić information content (AvgIpc) is 3.10. The van der Waals surface area contributed by atoms with Gasteiger partial charge in [0.1, 0.15) is 5.69 Å². The highest BCUT2D eigenvalue weighted by Gasteiger charge is 2.19. The number of pyridine rings is 1. The second-order valence-corrected chi connectivity index (χ2v) is 6.71. The van der Waals surface area contributed by atoms with Gasteiger partial charge in [0.25, 0.3) is 5.91 Å². The van der Waals surface area contributed by atoms with Crippen LogP contribution in [0, 0.1) is 0 Å². The van der Waals surface area contributed by atoms with Gasteiger partial charge in [0, 0.05) is 25.7 Å². The molecule has 5 nitrogen and oxygen atoms in total. The molecule has 3 heterocycles. The van der Waals surface area contributed by atoms with Crippen LogP contribution in [0.25, 0.3) is 5.52 Å². The van der Waals surface area contributed by atoms with Gasteiger partial charge in [-0.1, -0.05) is 30.3 Å². The molecule has 0 spiro atoms. The molecular weight excluding hydrogens is 312 g/mol. The lowest BCUT2D eigenvalue weighted by molar-refractivity contribution is 0.0919. The van der Waals surface area contributed by atoms with Gasteiger partial charge in [-0.25, -0.2) is 4.52 Å². The molecule has 0 unspecified atom stereocenters. The van der Waals surface area contributed by atoms with E-state index in [1.165, 1.54) is 11.1 Å². The van der Waals surface area contributed by atoms with Gasteiger partial charge in [-0.15, -0.1) is 0 Å². The first-order valence-electron chi connectivity index (χ1n) is 8.73. The van der Waals surface area contributed by atoms with Crippen molar-refractivity contribution in [3.8, 4) is 0 Å². The number of amides is 1. The van der Waals surface area contributed by atoms with E-state index in [-0.39, 0.29) is 11.9 Å². The first kappa shape index (κ1) is 15.8. The van der Waals surface area contributed by atoms with E-state index in [1.807, 2.05) is 18.2 Å². The lowest BCUT2D eigenvalue weighted by atomic mass is 10.00. The molecule has 0 saturated carbocycles. The number of aromatic nitrogens is 2. The summed E-state index contributed by atoms with van der Waals surface area (Å²) in [5.41, 5.74) is 4.33. The fourth-order valence-electron chi connectivity index (χ4n) is 3.56. The normalized spacial score (nSPS) is 15.7. The van der Waals surface area contributed by atoms with Crippen LogP contribution in [0.5, 0.6) is 0 Å². The summed E-state index contributed by atoms with van der Waals surface area (Å²) < 4.78 is 1.68. The molecule has 1 aromatic carbocycles. The lowest BCUT2D eigenvalue weighted by Gasteiger charge is -2.31. The third-order valence-corrected chi connectivity index (χ3v) is 4.77. The van der Waals surface area contributed by atoms with Crippen LogP contribution in [-0.4, -0.2) is 39.6 Å². The Morgan fingerprint density at radius 1 is 1.16 bits per heavy atom. The van der Waals surface area contributed by atoms with E-state index in [9.17, 15) is 4.79 Å². The van der Waals surface area contributed by atoms with Crippen molar-refractivity contribution in [1.29, 1.82) is 0 Å². The molecule has 128 valence electrons. The monoisotopic (exact) mass is 334 g/mol. The van der Waals surface area contributed by atoms with Crippen LogP contribution < -0.4 is 5.32 Å². The van der Waals surface area contributed by atoms with E-state index < -0.39 is 0 Å². The van der Waals surface area contributed by atoms with Gasteiger partial charge in [0.15, 0.2) is 0 Å². The minimum absolute atomic E-state index is 0.0728. The van der Waals surface area contributed by atoms with Crippen molar-refractivity contribution in [2.24, 2.45) is 0 Å². The zero-order chi connectivity index (χ0) is 17.2. The Morgan fingerprint density at radius 3 is 2.88 bits per heavy atom. The summed E-state index contributed by atoms with van der Waals surface area (Å²) in [6.45, 7) is 4.88. The van der Waals surface area contributed by atoms with Crippen LogP contribution in [0.1, 0.15) is 28.5 Å². The van der Waals surface area contributed by atoms with Gasteiger partial charge in [-0.3, -0.25) is 9.69 Å². The summed E-state index contributed by atoms with van der Waals surface area (Å²) in [5.74, 6) is -0.0841. The maximum Gasteiger partial charge on any atom is 0.270 e. The Balaban J connectivity index is 1.40. The van der Waals surface area contributed by atoms with Crippen molar-refractivity contribution >= 4 is 11.4 Å². The first-order valence-corrected chi connectivity index (χ1v) is 8.73. The zero-order valence-corrected chi connectivity index (χ0v) is 14.4. The van der Waals surface area contributed by atoms with Crippen molar-refractivity contribution in [1.82, 2.24) is 19.8 Å². The number of rotatable bonds is 4. The van der Waals surface area contributed by atoms with Gasteiger partial charge in [-0.2, -0.15) is 5.10 Å². The van der Waals surface area contributed by atoms with Crippen LogP contribution in [0.15, 0.2) is 54.7 Å². The first-order chi connectivity index (χ1) is 12.2. The maximum absolute atomic E-state index is 12.6. The van der Waals surface area contributed by atoms with Crippen molar-refractivity contribution in [3.63, 3.8) is 0 Å². The second kappa shape index (κ2) is 6.69. The highest BCUT2D eigenvalue weighted by Crippen LogP contribution is 2.18. The molecule has 0 radical (unpaired) electrons. The number of fused-ring (bicyclic) bond motifs is 2. The Hall–Kier alpha value is -2.66. The largest absolute Gasteiger partial charge is 0.347 e. The fraction of sp³-hybridized carbons (Fsp3) is 0.300. The van der Waals surface area contributed by atoms with Gasteiger partial charge in [0.05, 0.1) is 11.7 Å². The molecular formula is C20H22N4O. The fourth-order valence-corrected chi connectivity index (χ4v) is 3.56. The molecule has 0 fully saturated rings. The Labute approximate surface area is 147 Å². The van der Waals surface area contributed by atoms with Gasteiger partial charge in [-0.05, 0) is 42.7 Å². The summed E-state index contributed by atoms with van der Waals surface area (Å²) in [5, 5.41) is 7.34. The molecule has 1 aliphatic rings. The Kier molecular flexibility index (Phi) is 4.24. The van der Waals surface area contributed by atoms with Crippen molar-refractivity contribution in [2.75, 3.05) is 13.1 Å². The Morgan fingerprint density at radius 2 is 2.00 bits per heavy atom. The molecule has 0 saturated heterocycles. The molecule has 1 amide bonds. The number of carbonyl (C=O) groups is 1. The molecule has 1 atom stereocenters. The zero-order valence-electron chi connectivity index (χ0n) is 14.4. The molecule has 4 rings (SSSR count). The second-order valence-electron chi connectivity index (χ2n) is 6.71. The summed E-state index contributed by atoms with van der Waals surface area (Å²) in [7, 11) is 0. The predicted octanol–water partition coefficient (Wildman–Crippen LogP) is 2.51. The number of hydrogen-bond acceptors (Lipinski definition) is 3. The van der Waals surface area contributed by atoms with E-state index in [4.69, 9.17) is 0 Å². The summed E-state index contributed by atoms with van der Waals surface area (Å²) in [6.07, 6.45) is 2.78. The van der Waals surface area contributed by atoms with Gasteiger partial charge in [0.2, 0.25) is 0 Å². The highest BCUT2D eigenvalue weighted by molar-refractivity contribution is 5.93. The number of hydrogen-bond donors (Lipinski definition) is 1. The lowest BCUT2D eigenvalue weighted by Crippen LogP contribution is -2.44. The summed E-state index contributed by atoms with van der Waals surface area (Å²) >= 11 is 0. The van der Waals surface area contributed by atoms with E-state index >= 15 is 0 Å². The maximum atomic E-state index is 12.6. The number of nitrogens with one attached hydrogen (secondary N) is 1. The third kappa shape index (κ3) is 3.28. The average molecular weight is 334 g/mol. The topological polar surface area (TPSA) is 49.6 Å². The molecule has 3 aromatic rings. The molecule has 0 bridgehead atoms. The molecule has 1 N–H and O–H groups in total. The summed E-state index contributed by atoms with van der Waals surface area (Å²) in [4.78, 5) is 15.0. The van der Waals surface area contributed by atoms with Gasteiger partial charge < -0.3 is 5.32 Å². The third-order valence-electron chi connectivity index (χ3n) is 4.77. The van der Waals surface area contributed by atoms with Crippen LogP contribution >= 0.6 is 0 Å². The van der Waals surface area contributed by atoms with Crippen LogP contribution in [0.2, 0.25) is 0 Å². The van der Waals surface area contributed by atoms with E-state index in [0.29, 0.717) is 5.69 Å². The van der Waals surface area contributed by atoms with Gasteiger partial charge >= 0.3 is 0 Å². The number of nitrogens with zero attached hydrogens (tertiary/aromatic N) is 3. The minimum Gasteiger partial charge on any atom is -0.347 e. The highest BCUT2D eigenvalue weighted by atomic mass is 16.2. The molecule has 0 aliphatic carbocycles. The van der Waals surface area contributed by atoms with Crippen molar-refractivity contribution < 1.29 is 4.79 Å². The molecule has 1 aliphatic heterocycles. The van der Waals surface area contributed by atoms with Crippen molar-refractivity contribution in [2.45, 2.75) is 25.9 Å². The van der Waals surface area contributed by atoms with Crippen LogP contribution in [-0.2, 0) is 13.0 Å². The van der Waals surface area contributed by atoms with Crippen LogP contribution in [0.3, 0.4) is 0 Å². The quantitative estimate of drug-likeness (QED) is 0.798. The standard InChI is InChI=1S/C20H22N4O/c1-15(13-23-12-10-16-5-2-3-6-17(16)14-23)22-20(25)19-8-4-7-18-9-11-21-24(18)19/h2-9,11,15H,10,12-14H2,1H3,(H,22,25)/t15-/m1/s1. The van der Waals surface area contributed by atoms with E-state index in [0.717, 1.165) is 31.6 Å². The molecule has 5 heteroatoms. The number of benzene rings is 1. The van der Waals surface area contributed by atoms with E-state index in [1.54, 1.807) is 16.8 Å². The van der Waals surface area contributed by atoms with E-state index in [2.05, 4.69) is 46.5 Å². The summed E-state index contributed by atoms with van der Waals surface area (Å²) in [6, 6.07) is 16.2. The molecule has 25 heavy (non-hydrogen) atoms. The smallest absolute Gasteiger partial charge is 0.270 e. The van der Waals surface area contributed by atoms with Crippen molar-refractivity contribution in [3.05, 3.63) is 71.5 Å². The Bertz CT molecular complexity index is 901. The molecule has 2 aromatic heterocycles. The number of carbonyl (C=O) groups excluding carboxylic acids is 1. The SMILES string of the molecule is C[C@H](CN1CCc2ccccc2C1)NC(=O)c1cccc2ccnn12. The predicted molar refractivity (Wildman–Crippen MR) is 97.5 cm³/mol. The minimum atomic E-state index is -0.0841. The van der Waals surface area contributed by atoms with Crippen LogP contribution in [0.4, 0.5) is 0 Å².